The Labute approximate surface area is 162 Å². The van der Waals surface area contributed by atoms with E-state index in [1.807, 2.05) is 18.2 Å². The fourth-order valence-corrected chi connectivity index (χ4v) is 5.27. The van der Waals surface area contributed by atoms with Crippen LogP contribution in [0.5, 0.6) is 0 Å². The van der Waals surface area contributed by atoms with E-state index in [9.17, 15) is 19.2 Å². The van der Waals surface area contributed by atoms with Crippen LogP contribution in [0.2, 0.25) is 0 Å². The van der Waals surface area contributed by atoms with Crippen molar-refractivity contribution in [1.82, 2.24) is 15.5 Å². The van der Waals surface area contributed by atoms with Gasteiger partial charge in [-0.05, 0) is 24.5 Å². The first-order chi connectivity index (χ1) is 13.6. The largest absolute Gasteiger partial charge is 0.365 e. The van der Waals surface area contributed by atoms with Gasteiger partial charge in [0.15, 0.2) is 6.29 Å². The molecule has 1 aromatic rings. The molecule has 3 saturated heterocycles. The number of hydrogen-bond donors (Lipinski definition) is 2. The van der Waals surface area contributed by atoms with E-state index >= 15 is 0 Å². The van der Waals surface area contributed by atoms with Crippen LogP contribution >= 0.6 is 0 Å². The minimum Gasteiger partial charge on any atom is -0.365 e. The van der Waals surface area contributed by atoms with E-state index in [-0.39, 0.29) is 12.3 Å². The molecule has 3 fully saturated rings. The third-order valence-electron chi connectivity index (χ3n) is 6.49. The number of carbonyl (C=O) groups excluding carboxylic acids is 4. The van der Waals surface area contributed by atoms with Crippen molar-refractivity contribution in [2.75, 3.05) is 18.0 Å². The summed E-state index contributed by atoms with van der Waals surface area (Å²) in [6.07, 6.45) is 2.02. The Morgan fingerprint density at radius 2 is 2.11 bits per heavy atom. The van der Waals surface area contributed by atoms with E-state index in [1.165, 1.54) is 0 Å². The van der Waals surface area contributed by atoms with Crippen molar-refractivity contribution in [1.29, 1.82) is 0 Å². The van der Waals surface area contributed by atoms with Crippen LogP contribution in [0, 0.1) is 0 Å². The topological polar surface area (TPSA) is 98.8 Å². The van der Waals surface area contributed by atoms with Gasteiger partial charge >= 0.3 is 0 Å². The number of piperidine rings is 1. The summed E-state index contributed by atoms with van der Waals surface area (Å²) in [5.74, 6) is -1.23. The summed E-state index contributed by atoms with van der Waals surface area (Å²) in [5, 5.41) is 5.84. The number of nitrogens with zero attached hydrogens (tertiary/aromatic N) is 2. The second-order valence-electron chi connectivity index (χ2n) is 8.06. The van der Waals surface area contributed by atoms with Gasteiger partial charge in [0.25, 0.3) is 0 Å². The summed E-state index contributed by atoms with van der Waals surface area (Å²) < 4.78 is 0. The lowest BCUT2D eigenvalue weighted by Gasteiger charge is -2.35. The summed E-state index contributed by atoms with van der Waals surface area (Å²) in [4.78, 5) is 52.3. The van der Waals surface area contributed by atoms with E-state index in [0.717, 1.165) is 36.3 Å². The van der Waals surface area contributed by atoms with E-state index in [4.69, 9.17) is 0 Å². The Morgan fingerprint density at radius 3 is 2.79 bits per heavy atom. The highest BCUT2D eigenvalue weighted by Crippen LogP contribution is 2.44. The molecular formula is C20H22N4O4. The standard InChI is InChI=1S/C20H22N4O4/c25-10-16(26)19-18-11(8-24(19)15-4-5-17(27)22-20(15)28)2-1-3-14(18)23-9-12-6-13(23)7-21-12/h1-3,10,12-13,15,19,21H,4-9H2,(H,22,27,28). The molecule has 2 bridgehead atoms. The van der Waals surface area contributed by atoms with Crippen molar-refractivity contribution in [3.05, 3.63) is 29.3 Å². The molecule has 0 aliphatic carbocycles. The molecule has 0 saturated carbocycles. The zero-order valence-corrected chi connectivity index (χ0v) is 15.4. The molecule has 8 nitrogen and oxygen atoms in total. The van der Waals surface area contributed by atoms with Crippen molar-refractivity contribution in [2.45, 2.75) is 50.0 Å². The molecule has 0 radical (unpaired) electrons. The number of benzene rings is 1. The number of nitrogens with one attached hydrogen (secondary N) is 2. The average Bonchev–Trinajstić information content (AvgIpc) is 3.40. The lowest BCUT2D eigenvalue weighted by atomic mass is 9.96. The second-order valence-corrected chi connectivity index (χ2v) is 8.06. The van der Waals surface area contributed by atoms with Gasteiger partial charge in [-0.25, -0.2) is 0 Å². The minimum atomic E-state index is -0.778. The number of aldehydes is 1. The highest BCUT2D eigenvalue weighted by Gasteiger charge is 2.46. The smallest absolute Gasteiger partial charge is 0.243 e. The van der Waals surface area contributed by atoms with Gasteiger partial charge in [0.05, 0.1) is 6.04 Å². The molecule has 8 heteroatoms. The molecule has 0 aromatic heterocycles. The third kappa shape index (κ3) is 2.59. The van der Waals surface area contributed by atoms with Crippen molar-refractivity contribution in [3.8, 4) is 0 Å². The van der Waals surface area contributed by atoms with Crippen LogP contribution < -0.4 is 15.5 Å². The molecule has 4 atom stereocenters. The first-order valence-electron chi connectivity index (χ1n) is 9.77. The predicted molar refractivity (Wildman–Crippen MR) is 99.5 cm³/mol. The molecule has 4 aliphatic rings. The summed E-state index contributed by atoms with van der Waals surface area (Å²) in [6.45, 7) is 2.21. The van der Waals surface area contributed by atoms with Gasteiger partial charge < -0.3 is 10.2 Å². The maximum Gasteiger partial charge on any atom is 0.243 e. The van der Waals surface area contributed by atoms with Crippen molar-refractivity contribution < 1.29 is 19.2 Å². The first kappa shape index (κ1) is 17.5. The Morgan fingerprint density at radius 1 is 1.25 bits per heavy atom. The molecule has 2 amide bonds. The normalized spacial score (nSPS) is 31.8. The average molecular weight is 382 g/mol. The quantitative estimate of drug-likeness (QED) is 0.418. The van der Waals surface area contributed by atoms with Gasteiger partial charge in [-0.1, -0.05) is 12.1 Å². The lowest BCUT2D eigenvalue weighted by Crippen LogP contribution is -2.53. The van der Waals surface area contributed by atoms with Crippen LogP contribution in [-0.4, -0.2) is 60.0 Å². The fourth-order valence-electron chi connectivity index (χ4n) is 5.27. The molecule has 146 valence electrons. The lowest BCUT2D eigenvalue weighted by molar-refractivity contribution is -0.141. The second kappa shape index (κ2) is 6.49. The molecule has 2 N–H and O–H groups in total. The van der Waals surface area contributed by atoms with Gasteiger partial charge in [0.1, 0.15) is 6.04 Å². The van der Waals surface area contributed by atoms with Crippen LogP contribution in [0.1, 0.15) is 36.4 Å². The number of amides is 2. The van der Waals surface area contributed by atoms with Crippen molar-refractivity contribution >= 4 is 29.6 Å². The number of Topliss-reactive ketones (excluding diaryl/α,β-unsaturated/α-hetero) is 1. The number of hydrogen-bond acceptors (Lipinski definition) is 7. The van der Waals surface area contributed by atoms with E-state index < -0.39 is 23.8 Å². The molecule has 4 aliphatic heterocycles. The maximum absolute atomic E-state index is 12.7. The van der Waals surface area contributed by atoms with Crippen LogP contribution in [0.25, 0.3) is 0 Å². The first-order valence-corrected chi connectivity index (χ1v) is 9.77. The summed E-state index contributed by atoms with van der Waals surface area (Å²) in [7, 11) is 0. The van der Waals surface area contributed by atoms with Crippen LogP contribution in [0.15, 0.2) is 18.2 Å². The maximum atomic E-state index is 12.7. The van der Waals surface area contributed by atoms with Crippen LogP contribution in [0.3, 0.4) is 0 Å². The number of anilines is 1. The molecule has 4 heterocycles. The number of imide groups is 1. The Hall–Kier alpha value is -2.58. The fraction of sp³-hybridized carbons (Fsp3) is 0.500. The van der Waals surface area contributed by atoms with Gasteiger partial charge in [-0.15, -0.1) is 0 Å². The number of fused-ring (bicyclic) bond motifs is 3. The molecular weight excluding hydrogens is 360 g/mol. The monoisotopic (exact) mass is 382 g/mol. The number of carbonyl (C=O) groups is 4. The number of piperazine rings is 1. The Kier molecular flexibility index (Phi) is 4.06. The Bertz CT molecular complexity index is 885. The summed E-state index contributed by atoms with van der Waals surface area (Å²) in [6, 6.07) is 5.41. The number of rotatable bonds is 4. The molecule has 1 aromatic carbocycles. The van der Waals surface area contributed by atoms with Gasteiger partial charge in [0, 0.05) is 49.4 Å². The Balaban J connectivity index is 1.54. The van der Waals surface area contributed by atoms with Crippen molar-refractivity contribution in [3.63, 3.8) is 0 Å². The molecule has 4 unspecified atom stereocenters. The zero-order valence-electron chi connectivity index (χ0n) is 15.4. The van der Waals surface area contributed by atoms with E-state index in [1.54, 1.807) is 4.90 Å². The highest BCUT2D eigenvalue weighted by atomic mass is 16.2. The van der Waals surface area contributed by atoms with Crippen LogP contribution in [-0.2, 0) is 25.7 Å². The zero-order chi connectivity index (χ0) is 19.4. The SMILES string of the molecule is O=CC(=O)C1c2c(cccc2N2CC3CC2CN3)CN1C1CCC(=O)NC1=O. The van der Waals surface area contributed by atoms with E-state index in [0.29, 0.717) is 31.3 Å². The van der Waals surface area contributed by atoms with Crippen LogP contribution in [0.4, 0.5) is 5.69 Å². The summed E-state index contributed by atoms with van der Waals surface area (Å²) >= 11 is 0. The van der Waals surface area contributed by atoms with E-state index in [2.05, 4.69) is 15.5 Å². The van der Waals surface area contributed by atoms with Crippen molar-refractivity contribution in [2.24, 2.45) is 0 Å². The number of ketones is 1. The minimum absolute atomic E-state index is 0.236. The third-order valence-corrected chi connectivity index (χ3v) is 6.49. The van der Waals surface area contributed by atoms with Gasteiger partial charge in [-0.2, -0.15) is 0 Å². The molecule has 28 heavy (non-hydrogen) atoms. The highest BCUT2D eigenvalue weighted by molar-refractivity contribution is 6.28. The molecule has 0 spiro atoms. The predicted octanol–water partition coefficient (Wildman–Crippen LogP) is -0.333. The van der Waals surface area contributed by atoms with Gasteiger partial charge in [-0.3, -0.25) is 29.4 Å². The molecule has 5 rings (SSSR count). The summed E-state index contributed by atoms with van der Waals surface area (Å²) in [5.41, 5.74) is 2.80. The van der Waals surface area contributed by atoms with Gasteiger partial charge in [0.2, 0.25) is 17.6 Å².